The molecular formula is C32H39N5O2. The molecule has 7 nitrogen and oxygen atoms in total. The van der Waals surface area contributed by atoms with E-state index in [2.05, 4.69) is 70.7 Å². The molecule has 0 aliphatic carbocycles. The van der Waals surface area contributed by atoms with E-state index in [9.17, 15) is 9.59 Å². The second kappa shape index (κ2) is 13.0. The largest absolute Gasteiger partial charge is 0.340 e. The summed E-state index contributed by atoms with van der Waals surface area (Å²) >= 11 is 0. The van der Waals surface area contributed by atoms with Crippen LogP contribution in [0.25, 0.3) is 0 Å². The Morgan fingerprint density at radius 1 is 0.974 bits per heavy atom. The Balaban J connectivity index is 1.41. The van der Waals surface area contributed by atoms with Gasteiger partial charge in [-0.2, -0.15) is 0 Å². The van der Waals surface area contributed by atoms with Crippen LogP contribution in [0.5, 0.6) is 0 Å². The van der Waals surface area contributed by atoms with E-state index in [0.717, 1.165) is 45.6 Å². The van der Waals surface area contributed by atoms with E-state index in [0.29, 0.717) is 25.1 Å². The fourth-order valence-electron chi connectivity index (χ4n) is 5.70. The number of pyridine rings is 1. The van der Waals surface area contributed by atoms with Crippen molar-refractivity contribution in [2.24, 2.45) is 0 Å². The van der Waals surface area contributed by atoms with Gasteiger partial charge in [0.2, 0.25) is 5.91 Å². The third-order valence-corrected chi connectivity index (χ3v) is 7.94. The van der Waals surface area contributed by atoms with Crippen molar-refractivity contribution in [1.29, 1.82) is 0 Å². The van der Waals surface area contributed by atoms with Crippen LogP contribution in [-0.4, -0.2) is 82.9 Å². The lowest BCUT2D eigenvalue weighted by molar-refractivity contribution is -0.135. The van der Waals surface area contributed by atoms with Gasteiger partial charge in [-0.1, -0.05) is 60.2 Å². The van der Waals surface area contributed by atoms with Crippen LogP contribution >= 0.6 is 0 Å². The molecule has 1 aromatic heterocycles. The number of rotatable bonds is 8. The van der Waals surface area contributed by atoms with Crippen molar-refractivity contribution in [2.75, 3.05) is 39.3 Å². The molecule has 1 N–H and O–H groups in total. The lowest BCUT2D eigenvalue weighted by atomic mass is 10.1. The predicted molar refractivity (Wildman–Crippen MR) is 153 cm³/mol. The quantitative estimate of drug-likeness (QED) is 0.487. The molecule has 0 saturated carbocycles. The summed E-state index contributed by atoms with van der Waals surface area (Å²) in [6.45, 7) is 7.36. The summed E-state index contributed by atoms with van der Waals surface area (Å²) in [4.78, 5) is 38.1. The summed E-state index contributed by atoms with van der Waals surface area (Å²) in [5.41, 5.74) is 4.30. The number of carbonyl (C=O) groups is 2. The highest BCUT2D eigenvalue weighted by molar-refractivity contribution is 5.97. The van der Waals surface area contributed by atoms with Gasteiger partial charge in [-0.15, -0.1) is 0 Å². The number of nitrogens with one attached hydrogen (secondary N) is 1. The van der Waals surface area contributed by atoms with Gasteiger partial charge in [0.15, 0.2) is 0 Å². The molecule has 0 bridgehead atoms. The number of aryl methyl sites for hydroxylation is 1. The van der Waals surface area contributed by atoms with Gasteiger partial charge in [-0.3, -0.25) is 19.5 Å². The molecule has 39 heavy (non-hydrogen) atoms. The first-order valence-corrected chi connectivity index (χ1v) is 14.1. The lowest BCUT2D eigenvalue weighted by Gasteiger charge is -2.29. The number of nitrogens with zero attached hydrogens (tertiary/aromatic N) is 4. The number of benzene rings is 2. The van der Waals surface area contributed by atoms with Gasteiger partial charge in [0, 0.05) is 57.7 Å². The molecule has 0 radical (unpaired) electrons. The van der Waals surface area contributed by atoms with Crippen molar-refractivity contribution in [3.05, 3.63) is 101 Å². The van der Waals surface area contributed by atoms with Crippen LogP contribution in [0.15, 0.2) is 79.1 Å². The average Bonchev–Trinajstić information content (AvgIpc) is 3.24. The number of hydrogen-bond donors (Lipinski definition) is 1. The van der Waals surface area contributed by atoms with E-state index < -0.39 is 6.04 Å². The van der Waals surface area contributed by atoms with Crippen molar-refractivity contribution in [3.8, 4) is 0 Å². The lowest BCUT2D eigenvalue weighted by Crippen LogP contribution is -2.48. The van der Waals surface area contributed by atoms with Crippen LogP contribution in [0.1, 0.15) is 39.9 Å². The minimum atomic E-state index is -0.474. The Kier molecular flexibility index (Phi) is 9.01. The molecule has 2 aliphatic rings. The molecule has 3 heterocycles. The van der Waals surface area contributed by atoms with Crippen molar-refractivity contribution in [2.45, 2.75) is 44.8 Å². The number of aromatic nitrogens is 1. The molecule has 5 rings (SSSR count). The first-order valence-electron chi connectivity index (χ1n) is 14.1. The third kappa shape index (κ3) is 6.91. The molecule has 3 aromatic rings. The highest BCUT2D eigenvalue weighted by Gasteiger charge is 2.43. The molecule has 204 valence electrons. The van der Waals surface area contributed by atoms with Crippen LogP contribution in [0, 0.1) is 6.92 Å². The van der Waals surface area contributed by atoms with E-state index in [4.69, 9.17) is 0 Å². The molecular weight excluding hydrogens is 486 g/mol. The number of amides is 2. The van der Waals surface area contributed by atoms with Gasteiger partial charge in [-0.25, -0.2) is 0 Å². The fraction of sp³-hybridized carbons (Fsp3) is 0.406. The summed E-state index contributed by atoms with van der Waals surface area (Å²) in [7, 11) is 0. The maximum Gasteiger partial charge on any atom is 0.256 e. The molecule has 2 aromatic carbocycles. The monoisotopic (exact) mass is 525 g/mol. The molecule has 2 amide bonds. The zero-order valence-corrected chi connectivity index (χ0v) is 22.8. The van der Waals surface area contributed by atoms with Crippen LogP contribution in [0.2, 0.25) is 0 Å². The molecule has 2 saturated heterocycles. The Morgan fingerprint density at radius 3 is 2.56 bits per heavy atom. The van der Waals surface area contributed by atoms with E-state index in [1.54, 1.807) is 24.5 Å². The Morgan fingerprint density at radius 2 is 1.79 bits per heavy atom. The van der Waals surface area contributed by atoms with Crippen LogP contribution in [-0.2, 0) is 17.8 Å². The van der Waals surface area contributed by atoms with Gasteiger partial charge >= 0.3 is 0 Å². The standard InChI is InChI=1S/C32H39N5O2/c1-25-10-12-27(13-11-25)23-36(19-14-26-7-3-2-4-8-26)29-21-30(32(39)35-18-6-16-33-17-20-35)37(24-29)31(38)28-9-5-15-34-22-28/h2-5,7-13,15,22,29-30,33H,6,14,16-21,23-24H2,1H3. The van der Waals surface area contributed by atoms with Crippen molar-refractivity contribution < 1.29 is 9.59 Å². The van der Waals surface area contributed by atoms with Crippen molar-refractivity contribution >= 4 is 11.8 Å². The summed E-state index contributed by atoms with van der Waals surface area (Å²) in [5.74, 6) is -0.0490. The molecule has 7 heteroatoms. The van der Waals surface area contributed by atoms with Gasteiger partial charge in [0.05, 0.1) is 5.56 Å². The summed E-state index contributed by atoms with van der Waals surface area (Å²) in [5, 5.41) is 3.38. The van der Waals surface area contributed by atoms with Gasteiger partial charge in [0.25, 0.3) is 5.91 Å². The Hall–Kier alpha value is -3.55. The van der Waals surface area contributed by atoms with E-state index >= 15 is 0 Å². The highest BCUT2D eigenvalue weighted by atomic mass is 16.2. The first kappa shape index (κ1) is 27.0. The van der Waals surface area contributed by atoms with E-state index in [1.807, 2.05) is 15.9 Å². The Labute approximate surface area is 231 Å². The Bertz CT molecular complexity index is 1210. The maximum absolute atomic E-state index is 13.9. The van der Waals surface area contributed by atoms with Crippen LogP contribution < -0.4 is 5.32 Å². The topological polar surface area (TPSA) is 68.8 Å². The van der Waals surface area contributed by atoms with E-state index in [-0.39, 0.29) is 17.9 Å². The maximum atomic E-state index is 13.9. The van der Waals surface area contributed by atoms with Crippen molar-refractivity contribution in [1.82, 2.24) is 25.0 Å². The van der Waals surface area contributed by atoms with Crippen LogP contribution in [0.3, 0.4) is 0 Å². The summed E-state index contributed by atoms with van der Waals surface area (Å²) in [6, 6.07) is 22.4. The first-order chi connectivity index (χ1) is 19.1. The fourth-order valence-corrected chi connectivity index (χ4v) is 5.70. The van der Waals surface area contributed by atoms with Gasteiger partial charge in [-0.05, 0) is 56.0 Å². The van der Waals surface area contributed by atoms with Gasteiger partial charge < -0.3 is 15.1 Å². The summed E-state index contributed by atoms with van der Waals surface area (Å²) < 4.78 is 0. The zero-order chi connectivity index (χ0) is 27.0. The molecule has 2 aliphatic heterocycles. The molecule has 2 unspecified atom stereocenters. The normalized spacial score (nSPS) is 19.7. The molecule has 2 atom stereocenters. The third-order valence-electron chi connectivity index (χ3n) is 7.94. The van der Waals surface area contributed by atoms with Crippen molar-refractivity contribution in [3.63, 3.8) is 0 Å². The minimum Gasteiger partial charge on any atom is -0.340 e. The zero-order valence-electron chi connectivity index (χ0n) is 22.8. The second-order valence-corrected chi connectivity index (χ2v) is 10.7. The minimum absolute atomic E-state index is 0.0665. The predicted octanol–water partition coefficient (Wildman–Crippen LogP) is 3.54. The molecule has 0 spiro atoms. The highest BCUT2D eigenvalue weighted by Crippen LogP contribution is 2.28. The SMILES string of the molecule is Cc1ccc(CN(CCc2ccccc2)C2CC(C(=O)N3CCCNCC3)N(C(=O)c3cccnc3)C2)cc1. The van der Waals surface area contributed by atoms with Crippen LogP contribution in [0.4, 0.5) is 0 Å². The van der Waals surface area contributed by atoms with E-state index in [1.165, 1.54) is 16.7 Å². The van der Waals surface area contributed by atoms with Gasteiger partial charge in [0.1, 0.15) is 6.04 Å². The number of likely N-dealkylation sites (tertiary alicyclic amines) is 1. The average molecular weight is 526 g/mol. The second-order valence-electron chi connectivity index (χ2n) is 10.7. The number of carbonyl (C=O) groups excluding carboxylic acids is 2. The number of hydrogen-bond acceptors (Lipinski definition) is 5. The smallest absolute Gasteiger partial charge is 0.256 e. The molecule has 2 fully saturated rings. The summed E-state index contributed by atoms with van der Waals surface area (Å²) in [6.07, 6.45) is 5.75.